The van der Waals surface area contributed by atoms with E-state index < -0.39 is 0 Å². The molecule has 2 heterocycles. The predicted molar refractivity (Wildman–Crippen MR) is 70.6 cm³/mol. The van der Waals surface area contributed by atoms with Crippen LogP contribution in [-0.2, 0) is 4.74 Å². The van der Waals surface area contributed by atoms with Crippen LogP contribution >= 0.6 is 0 Å². The van der Waals surface area contributed by atoms with Gasteiger partial charge >= 0.3 is 6.09 Å². The van der Waals surface area contributed by atoms with E-state index >= 15 is 0 Å². The molecule has 2 aliphatic heterocycles. The highest BCUT2D eigenvalue weighted by atomic mass is 16.6. The van der Waals surface area contributed by atoms with Gasteiger partial charge in [0.15, 0.2) is 0 Å². The van der Waals surface area contributed by atoms with Crippen LogP contribution in [0.3, 0.4) is 0 Å². The Balaban J connectivity index is 2.17. The van der Waals surface area contributed by atoms with Gasteiger partial charge < -0.3 is 14.5 Å². The number of nitrogens with zero attached hydrogens (tertiary/aromatic N) is 3. The van der Waals surface area contributed by atoms with Gasteiger partial charge in [-0.05, 0) is 33.3 Å². The standard InChI is InChI=1S/C13H21N3O2/c1-5-18-13(17)15-6-7-16-11(4)14-10(3)9(2)12(16)8-15/h10H,5-8H2,1-4H3/t10-/m0/s1. The number of rotatable bonds is 1. The normalized spacial score (nSPS) is 23.8. The number of carbonyl (C=O) groups is 1. The molecule has 0 N–H and O–H groups in total. The van der Waals surface area contributed by atoms with Crippen molar-refractivity contribution in [1.82, 2.24) is 9.80 Å². The molecule has 0 unspecified atom stereocenters. The molecule has 1 fully saturated rings. The van der Waals surface area contributed by atoms with Gasteiger partial charge in [0.05, 0.1) is 19.2 Å². The van der Waals surface area contributed by atoms with Crippen molar-refractivity contribution in [2.45, 2.75) is 33.7 Å². The van der Waals surface area contributed by atoms with Gasteiger partial charge in [-0.15, -0.1) is 0 Å². The first-order chi connectivity index (χ1) is 8.54. The number of hydrogen-bond acceptors (Lipinski definition) is 4. The largest absolute Gasteiger partial charge is 0.450 e. The maximum atomic E-state index is 11.8. The number of aliphatic imine (C=N–C) groups is 1. The molecule has 0 aromatic heterocycles. The first-order valence-electron chi connectivity index (χ1n) is 6.47. The van der Waals surface area contributed by atoms with Crippen molar-refractivity contribution in [3.8, 4) is 0 Å². The molecule has 5 heteroatoms. The first kappa shape index (κ1) is 12.9. The van der Waals surface area contributed by atoms with E-state index in [0.29, 0.717) is 19.7 Å². The number of amides is 1. The first-order valence-corrected chi connectivity index (χ1v) is 6.47. The van der Waals surface area contributed by atoms with Crippen molar-refractivity contribution in [3.05, 3.63) is 11.3 Å². The molecule has 1 amide bonds. The number of fused-ring (bicyclic) bond motifs is 1. The Bertz CT molecular complexity index is 414. The van der Waals surface area contributed by atoms with E-state index in [1.807, 2.05) is 13.8 Å². The van der Waals surface area contributed by atoms with Gasteiger partial charge in [0.1, 0.15) is 5.84 Å². The Morgan fingerprint density at radius 2 is 2.17 bits per heavy atom. The van der Waals surface area contributed by atoms with E-state index in [2.05, 4.69) is 23.7 Å². The van der Waals surface area contributed by atoms with Crippen LogP contribution in [-0.4, -0.2) is 54.0 Å². The predicted octanol–water partition coefficient (Wildman–Crippen LogP) is 1.85. The molecule has 18 heavy (non-hydrogen) atoms. The fourth-order valence-electron chi connectivity index (χ4n) is 2.45. The van der Waals surface area contributed by atoms with E-state index in [-0.39, 0.29) is 12.1 Å². The second kappa shape index (κ2) is 5.00. The second-order valence-corrected chi connectivity index (χ2v) is 4.75. The molecular weight excluding hydrogens is 230 g/mol. The third kappa shape index (κ3) is 2.21. The molecule has 5 nitrogen and oxygen atoms in total. The van der Waals surface area contributed by atoms with Crippen LogP contribution in [0.15, 0.2) is 16.3 Å². The topological polar surface area (TPSA) is 45.1 Å². The summed E-state index contributed by atoms with van der Waals surface area (Å²) in [5.41, 5.74) is 2.45. The number of ether oxygens (including phenoxy) is 1. The monoisotopic (exact) mass is 251 g/mol. The summed E-state index contributed by atoms with van der Waals surface area (Å²) in [4.78, 5) is 20.4. The van der Waals surface area contributed by atoms with E-state index in [0.717, 1.165) is 12.4 Å². The highest BCUT2D eigenvalue weighted by Gasteiger charge is 2.31. The summed E-state index contributed by atoms with van der Waals surface area (Å²) in [6.07, 6.45) is -0.217. The lowest BCUT2D eigenvalue weighted by atomic mass is 10.0. The minimum Gasteiger partial charge on any atom is -0.450 e. The van der Waals surface area contributed by atoms with Crippen molar-refractivity contribution in [2.75, 3.05) is 26.2 Å². The van der Waals surface area contributed by atoms with Gasteiger partial charge in [-0.25, -0.2) is 4.79 Å². The average molecular weight is 251 g/mol. The van der Waals surface area contributed by atoms with Crippen LogP contribution in [0.2, 0.25) is 0 Å². The molecule has 0 aromatic rings. The van der Waals surface area contributed by atoms with E-state index in [1.54, 1.807) is 4.90 Å². The third-order valence-electron chi connectivity index (χ3n) is 3.64. The smallest absolute Gasteiger partial charge is 0.410 e. The van der Waals surface area contributed by atoms with E-state index in [9.17, 15) is 4.79 Å². The molecule has 2 rings (SSSR count). The van der Waals surface area contributed by atoms with Crippen LogP contribution in [0.4, 0.5) is 4.79 Å². The summed E-state index contributed by atoms with van der Waals surface area (Å²) >= 11 is 0. The van der Waals surface area contributed by atoms with Gasteiger partial charge in [-0.1, -0.05) is 0 Å². The summed E-state index contributed by atoms with van der Waals surface area (Å²) in [5.74, 6) is 1.05. The van der Waals surface area contributed by atoms with Crippen LogP contribution < -0.4 is 0 Å². The lowest BCUT2D eigenvalue weighted by Crippen LogP contribution is -2.51. The minimum absolute atomic E-state index is 0.207. The molecule has 2 aliphatic rings. The molecule has 0 aromatic carbocycles. The van der Waals surface area contributed by atoms with Gasteiger partial charge in [-0.2, -0.15) is 0 Å². The number of piperazine rings is 1. The summed E-state index contributed by atoms with van der Waals surface area (Å²) in [5, 5.41) is 0. The highest BCUT2D eigenvalue weighted by Crippen LogP contribution is 2.25. The Kier molecular flexibility index (Phi) is 3.59. The molecule has 0 aliphatic carbocycles. The van der Waals surface area contributed by atoms with E-state index in [1.165, 1.54) is 11.3 Å². The maximum absolute atomic E-state index is 11.8. The van der Waals surface area contributed by atoms with Gasteiger partial charge in [0.2, 0.25) is 0 Å². The van der Waals surface area contributed by atoms with Crippen molar-refractivity contribution in [1.29, 1.82) is 0 Å². The zero-order valence-electron chi connectivity index (χ0n) is 11.6. The van der Waals surface area contributed by atoms with Crippen LogP contribution in [0.5, 0.6) is 0 Å². The lowest BCUT2D eigenvalue weighted by Gasteiger charge is -2.41. The Hall–Kier alpha value is -1.52. The fraction of sp³-hybridized carbons (Fsp3) is 0.692. The fourth-order valence-corrected chi connectivity index (χ4v) is 2.45. The molecule has 0 bridgehead atoms. The van der Waals surface area contributed by atoms with Crippen LogP contribution in [0.25, 0.3) is 0 Å². The summed E-state index contributed by atoms with van der Waals surface area (Å²) in [6, 6.07) is 0.207. The van der Waals surface area contributed by atoms with Crippen LogP contribution in [0, 0.1) is 0 Å². The van der Waals surface area contributed by atoms with Crippen molar-refractivity contribution in [3.63, 3.8) is 0 Å². The van der Waals surface area contributed by atoms with Gasteiger partial charge in [0, 0.05) is 18.8 Å². The van der Waals surface area contributed by atoms with Crippen molar-refractivity contribution < 1.29 is 9.53 Å². The SMILES string of the molecule is CCOC(=O)N1CCN2C(C)=N[C@@H](C)C(C)=C2C1. The zero-order chi connectivity index (χ0) is 13.3. The van der Waals surface area contributed by atoms with Gasteiger partial charge in [-0.3, -0.25) is 4.99 Å². The number of hydrogen-bond donors (Lipinski definition) is 0. The van der Waals surface area contributed by atoms with Crippen LogP contribution in [0.1, 0.15) is 27.7 Å². The second-order valence-electron chi connectivity index (χ2n) is 4.75. The van der Waals surface area contributed by atoms with E-state index in [4.69, 9.17) is 4.74 Å². The Morgan fingerprint density at radius 1 is 1.44 bits per heavy atom. The van der Waals surface area contributed by atoms with Crippen molar-refractivity contribution >= 4 is 11.9 Å². The molecule has 0 radical (unpaired) electrons. The Morgan fingerprint density at radius 3 is 2.83 bits per heavy atom. The third-order valence-corrected chi connectivity index (χ3v) is 3.64. The number of carbonyl (C=O) groups excluding carboxylic acids is 1. The highest BCUT2D eigenvalue weighted by molar-refractivity contribution is 5.84. The molecule has 1 atom stereocenters. The molecule has 0 spiro atoms. The maximum Gasteiger partial charge on any atom is 0.410 e. The quantitative estimate of drug-likeness (QED) is 0.714. The van der Waals surface area contributed by atoms with Crippen molar-refractivity contribution in [2.24, 2.45) is 4.99 Å². The summed E-state index contributed by atoms with van der Waals surface area (Å²) < 4.78 is 5.07. The Labute approximate surface area is 108 Å². The summed E-state index contributed by atoms with van der Waals surface area (Å²) in [6.45, 7) is 10.6. The molecule has 1 saturated heterocycles. The molecular formula is C13H21N3O2. The average Bonchev–Trinajstić information content (AvgIpc) is 2.36. The lowest BCUT2D eigenvalue weighted by molar-refractivity contribution is 0.0993. The number of amidine groups is 1. The summed E-state index contributed by atoms with van der Waals surface area (Å²) in [7, 11) is 0. The van der Waals surface area contributed by atoms with Gasteiger partial charge in [0.25, 0.3) is 0 Å². The molecule has 100 valence electrons. The minimum atomic E-state index is -0.217. The molecule has 0 saturated carbocycles. The zero-order valence-corrected chi connectivity index (χ0v) is 11.6.